The quantitative estimate of drug-likeness (QED) is 0.583. The van der Waals surface area contributed by atoms with Gasteiger partial charge in [0.1, 0.15) is 11.6 Å². The van der Waals surface area contributed by atoms with E-state index in [1.165, 1.54) is 0 Å². The summed E-state index contributed by atoms with van der Waals surface area (Å²) in [7, 11) is 0. The Bertz CT molecular complexity index is 1170. The van der Waals surface area contributed by atoms with Crippen molar-refractivity contribution in [3.8, 4) is 0 Å². The van der Waals surface area contributed by atoms with Crippen LogP contribution in [0, 0.1) is 0 Å². The molecule has 29 heavy (non-hydrogen) atoms. The first-order valence-electron chi connectivity index (χ1n) is 9.94. The first kappa shape index (κ1) is 17.6. The molecule has 1 N–H and O–H groups in total. The first-order valence-corrected chi connectivity index (χ1v) is 9.94. The number of para-hydroxylation sites is 2. The summed E-state index contributed by atoms with van der Waals surface area (Å²) >= 11 is 0. The third-order valence-electron chi connectivity index (χ3n) is 5.59. The van der Waals surface area contributed by atoms with E-state index >= 15 is 0 Å². The summed E-state index contributed by atoms with van der Waals surface area (Å²) in [5.74, 6) is 2.01. The number of nitrogens with zero attached hydrogens (tertiary/aromatic N) is 5. The first-order chi connectivity index (χ1) is 14.3. The number of H-pyrrole nitrogens is 1. The molecule has 3 heterocycles. The fourth-order valence-corrected chi connectivity index (χ4v) is 4.03. The van der Waals surface area contributed by atoms with Crippen LogP contribution in [0.25, 0.3) is 11.0 Å². The predicted octanol–water partition coefficient (Wildman–Crippen LogP) is 2.95. The summed E-state index contributed by atoms with van der Waals surface area (Å²) in [6.07, 6.45) is 3.70. The summed E-state index contributed by atoms with van der Waals surface area (Å²) in [5, 5.41) is 6.99. The van der Waals surface area contributed by atoms with Crippen LogP contribution in [0.4, 0.5) is 5.82 Å². The predicted molar refractivity (Wildman–Crippen MR) is 112 cm³/mol. The lowest BCUT2D eigenvalue weighted by molar-refractivity contribution is 0.466. The van der Waals surface area contributed by atoms with E-state index in [4.69, 9.17) is 4.98 Å². The molecule has 5 rings (SSSR count). The number of benzene rings is 2. The van der Waals surface area contributed by atoms with Crippen LogP contribution in [0.2, 0.25) is 0 Å². The Labute approximate surface area is 168 Å². The van der Waals surface area contributed by atoms with Crippen molar-refractivity contribution in [2.24, 2.45) is 0 Å². The Morgan fingerprint density at radius 1 is 0.966 bits per heavy atom. The maximum atomic E-state index is 12.3. The van der Waals surface area contributed by atoms with E-state index in [2.05, 4.69) is 20.1 Å². The smallest absolute Gasteiger partial charge is 0.343 e. The summed E-state index contributed by atoms with van der Waals surface area (Å²) in [6.45, 7) is 2.27. The zero-order chi connectivity index (χ0) is 19.6. The maximum Gasteiger partial charge on any atom is 0.343 e. The highest BCUT2D eigenvalue weighted by molar-refractivity contribution is 5.75. The molecule has 1 fully saturated rings. The molecule has 4 aromatic rings. The number of anilines is 1. The molecule has 0 aliphatic carbocycles. The molecular weight excluding hydrogens is 364 g/mol. The van der Waals surface area contributed by atoms with Crippen LogP contribution in [0.5, 0.6) is 0 Å². The second-order valence-electron chi connectivity index (χ2n) is 7.44. The van der Waals surface area contributed by atoms with Crippen molar-refractivity contribution in [1.29, 1.82) is 0 Å². The number of rotatable bonds is 4. The van der Waals surface area contributed by atoms with Crippen LogP contribution in [0.1, 0.15) is 30.1 Å². The molecule has 146 valence electrons. The summed E-state index contributed by atoms with van der Waals surface area (Å²) < 4.78 is 1.77. The topological polar surface area (TPSA) is 79.7 Å². The van der Waals surface area contributed by atoms with E-state index in [-0.39, 0.29) is 11.6 Å². The number of fused-ring (bicyclic) bond motifs is 1. The minimum Gasteiger partial charge on any atom is -0.355 e. The summed E-state index contributed by atoms with van der Waals surface area (Å²) in [4.78, 5) is 23.9. The second kappa shape index (κ2) is 7.50. The molecular formula is C22H22N6O. The van der Waals surface area contributed by atoms with Gasteiger partial charge in [0.05, 0.1) is 23.8 Å². The minimum atomic E-state index is -0.147. The van der Waals surface area contributed by atoms with Gasteiger partial charge in [0, 0.05) is 19.0 Å². The molecule has 1 aliphatic rings. The van der Waals surface area contributed by atoms with Gasteiger partial charge in [-0.25, -0.2) is 14.9 Å². The molecule has 0 unspecified atom stereocenters. The summed E-state index contributed by atoms with van der Waals surface area (Å²) in [6, 6.07) is 17.9. The van der Waals surface area contributed by atoms with Crippen LogP contribution in [0.3, 0.4) is 0 Å². The van der Waals surface area contributed by atoms with E-state index in [1.54, 1.807) is 4.57 Å². The molecule has 2 aromatic heterocycles. The highest BCUT2D eigenvalue weighted by Crippen LogP contribution is 2.28. The van der Waals surface area contributed by atoms with E-state index in [1.807, 2.05) is 60.8 Å². The van der Waals surface area contributed by atoms with Gasteiger partial charge < -0.3 is 4.90 Å². The van der Waals surface area contributed by atoms with Gasteiger partial charge in [-0.1, -0.05) is 42.5 Å². The monoisotopic (exact) mass is 386 g/mol. The van der Waals surface area contributed by atoms with Crippen LogP contribution >= 0.6 is 0 Å². The van der Waals surface area contributed by atoms with Gasteiger partial charge in [0.2, 0.25) is 0 Å². The molecule has 0 atom stereocenters. The van der Waals surface area contributed by atoms with Crippen molar-refractivity contribution < 1.29 is 0 Å². The van der Waals surface area contributed by atoms with Crippen molar-refractivity contribution in [3.05, 3.63) is 82.7 Å². The van der Waals surface area contributed by atoms with E-state index < -0.39 is 0 Å². The van der Waals surface area contributed by atoms with Crippen molar-refractivity contribution in [1.82, 2.24) is 24.7 Å². The third kappa shape index (κ3) is 3.51. The molecule has 1 aliphatic heterocycles. The van der Waals surface area contributed by atoms with E-state index in [9.17, 15) is 4.79 Å². The lowest BCUT2D eigenvalue weighted by atomic mass is 9.96. The fourth-order valence-electron chi connectivity index (χ4n) is 4.03. The highest BCUT2D eigenvalue weighted by atomic mass is 16.1. The average Bonchev–Trinajstić information content (AvgIpc) is 3.14. The average molecular weight is 386 g/mol. The van der Waals surface area contributed by atoms with Crippen LogP contribution < -0.4 is 10.6 Å². The molecule has 7 nitrogen and oxygen atoms in total. The van der Waals surface area contributed by atoms with Gasteiger partial charge in [-0.3, -0.25) is 9.55 Å². The normalized spacial score (nSPS) is 15.1. The molecule has 7 heteroatoms. The van der Waals surface area contributed by atoms with Crippen LogP contribution in [-0.4, -0.2) is 37.8 Å². The number of nitrogens with one attached hydrogen (secondary N) is 1. The minimum absolute atomic E-state index is 0.147. The zero-order valence-corrected chi connectivity index (χ0v) is 16.0. The van der Waals surface area contributed by atoms with Crippen LogP contribution in [-0.2, 0) is 6.54 Å². The van der Waals surface area contributed by atoms with Gasteiger partial charge in [0.25, 0.3) is 0 Å². The van der Waals surface area contributed by atoms with Crippen molar-refractivity contribution in [3.63, 3.8) is 0 Å². The highest BCUT2D eigenvalue weighted by Gasteiger charge is 2.26. The SMILES string of the molecule is O=c1[nH]nc(C2CCN(c3cnc4ccccc4n3)CC2)n1Cc1ccccc1. The molecule has 1 saturated heterocycles. The number of hydrogen-bond acceptors (Lipinski definition) is 5. The van der Waals surface area contributed by atoms with Crippen LogP contribution in [0.15, 0.2) is 65.6 Å². The zero-order valence-electron chi connectivity index (χ0n) is 16.0. The van der Waals surface area contributed by atoms with Gasteiger partial charge >= 0.3 is 5.69 Å². The third-order valence-corrected chi connectivity index (χ3v) is 5.59. The van der Waals surface area contributed by atoms with Gasteiger partial charge in [-0.15, -0.1) is 0 Å². The molecule has 0 bridgehead atoms. The molecule has 0 amide bonds. The van der Waals surface area contributed by atoms with E-state index in [0.717, 1.165) is 54.2 Å². The standard InChI is InChI=1S/C22H22N6O/c29-22-26-25-21(28(22)15-16-6-2-1-3-7-16)17-10-12-27(13-11-17)20-14-23-18-8-4-5-9-19(18)24-20/h1-9,14,17H,10-13,15H2,(H,26,29). The van der Waals surface area contributed by atoms with Crippen molar-refractivity contribution in [2.45, 2.75) is 25.3 Å². The maximum absolute atomic E-state index is 12.3. The largest absolute Gasteiger partial charge is 0.355 e. The molecule has 0 saturated carbocycles. The van der Waals surface area contributed by atoms with Crippen molar-refractivity contribution in [2.75, 3.05) is 18.0 Å². The lowest BCUT2D eigenvalue weighted by Gasteiger charge is -2.32. The Kier molecular flexibility index (Phi) is 4.56. The molecule has 0 spiro atoms. The van der Waals surface area contributed by atoms with E-state index in [0.29, 0.717) is 6.54 Å². The van der Waals surface area contributed by atoms with Crippen molar-refractivity contribution >= 4 is 16.9 Å². The number of hydrogen-bond donors (Lipinski definition) is 1. The lowest BCUT2D eigenvalue weighted by Crippen LogP contribution is -2.35. The Hall–Kier alpha value is -3.48. The number of piperidine rings is 1. The van der Waals surface area contributed by atoms with Gasteiger partial charge in [0.15, 0.2) is 0 Å². The molecule has 0 radical (unpaired) electrons. The van der Waals surface area contributed by atoms with Gasteiger partial charge in [-0.2, -0.15) is 5.10 Å². The van der Waals surface area contributed by atoms with Gasteiger partial charge in [-0.05, 0) is 30.5 Å². The second-order valence-corrected chi connectivity index (χ2v) is 7.44. The number of aromatic nitrogens is 5. The fraction of sp³-hybridized carbons (Fsp3) is 0.273. The summed E-state index contributed by atoms with van der Waals surface area (Å²) in [5.41, 5.74) is 2.77. The Balaban J connectivity index is 1.32. The Morgan fingerprint density at radius 2 is 1.69 bits per heavy atom. The Morgan fingerprint density at radius 3 is 2.48 bits per heavy atom. The number of aromatic amines is 1. The molecule has 2 aromatic carbocycles.